The van der Waals surface area contributed by atoms with Gasteiger partial charge >= 0.3 is 0 Å². The summed E-state index contributed by atoms with van der Waals surface area (Å²) in [7, 11) is -3.29. The number of likely N-dealkylation sites (tertiary alicyclic amines) is 1. The second-order valence-corrected chi connectivity index (χ2v) is 10.2. The first-order chi connectivity index (χ1) is 13.4. The summed E-state index contributed by atoms with van der Waals surface area (Å²) >= 11 is 0. The van der Waals surface area contributed by atoms with Crippen LogP contribution >= 0.6 is 0 Å². The van der Waals surface area contributed by atoms with Crippen LogP contribution in [0.15, 0.2) is 58.5 Å². The molecule has 4 heterocycles. The van der Waals surface area contributed by atoms with Gasteiger partial charge in [-0.3, -0.25) is 9.58 Å². The fraction of sp³-hybridized carbons (Fsp3) is 0.381. The zero-order valence-corrected chi connectivity index (χ0v) is 16.8. The van der Waals surface area contributed by atoms with Crippen molar-refractivity contribution >= 4 is 9.84 Å². The summed E-state index contributed by atoms with van der Waals surface area (Å²) in [5.41, 5.74) is 4.04. The molecule has 0 bridgehead atoms. The summed E-state index contributed by atoms with van der Waals surface area (Å²) < 4.78 is 33.3. The molecule has 0 radical (unpaired) electrons. The van der Waals surface area contributed by atoms with E-state index in [4.69, 9.17) is 4.42 Å². The molecule has 2 unspecified atom stereocenters. The molecule has 0 N–H and O–H groups in total. The van der Waals surface area contributed by atoms with Gasteiger partial charge < -0.3 is 4.42 Å². The summed E-state index contributed by atoms with van der Waals surface area (Å²) in [6, 6.07) is 7.89. The Hall–Kier alpha value is -2.38. The Kier molecular flexibility index (Phi) is 4.00. The highest BCUT2D eigenvalue weighted by Crippen LogP contribution is 2.46. The Labute approximate surface area is 164 Å². The lowest BCUT2D eigenvalue weighted by Gasteiger charge is -2.16. The van der Waals surface area contributed by atoms with Gasteiger partial charge in [-0.1, -0.05) is 6.07 Å². The third kappa shape index (κ3) is 2.72. The number of furan rings is 1. The smallest absolute Gasteiger partial charge is 0.183 e. The molecule has 2 atom stereocenters. The van der Waals surface area contributed by atoms with Crippen LogP contribution in [0.4, 0.5) is 0 Å². The molecule has 0 amide bonds. The lowest BCUT2D eigenvalue weighted by molar-refractivity contribution is 0.325. The molecule has 3 aromatic rings. The third-order valence-electron chi connectivity index (χ3n) is 5.90. The van der Waals surface area contributed by atoms with Gasteiger partial charge in [0.25, 0.3) is 0 Å². The van der Waals surface area contributed by atoms with Gasteiger partial charge in [0, 0.05) is 48.9 Å². The Bertz CT molecular complexity index is 1120. The van der Waals surface area contributed by atoms with Gasteiger partial charge in [0.1, 0.15) is 0 Å². The zero-order valence-electron chi connectivity index (χ0n) is 15.9. The SMILES string of the molecule is CC(C)n1cc(CN2CC3c4cc(-c5ccoc5)ccc4S(=O)(=O)C3C2)cn1. The predicted molar refractivity (Wildman–Crippen MR) is 106 cm³/mol. The standard InChI is InChI=1S/C21H23N3O3S/c1-14(2)24-10-15(8-22-24)9-23-11-19-18-7-16(17-5-6-27-13-17)3-4-20(18)28(25,26)21(19)12-23/h3-8,10,13-14,19,21H,9,11-12H2,1-2H3. The average Bonchev–Trinajstić information content (AvgIpc) is 3.43. The highest BCUT2D eigenvalue weighted by Gasteiger charge is 2.50. The summed E-state index contributed by atoms with van der Waals surface area (Å²) in [6.45, 7) is 6.23. The van der Waals surface area contributed by atoms with E-state index in [-0.39, 0.29) is 11.2 Å². The maximum atomic E-state index is 13.1. The van der Waals surface area contributed by atoms with E-state index in [1.54, 1.807) is 18.6 Å². The number of fused-ring (bicyclic) bond motifs is 3. The van der Waals surface area contributed by atoms with Crippen LogP contribution in [-0.2, 0) is 16.4 Å². The minimum Gasteiger partial charge on any atom is -0.472 e. The van der Waals surface area contributed by atoms with Crippen LogP contribution in [0.3, 0.4) is 0 Å². The van der Waals surface area contributed by atoms with Crippen LogP contribution in [0, 0.1) is 0 Å². The quantitative estimate of drug-likeness (QED) is 0.674. The highest BCUT2D eigenvalue weighted by atomic mass is 32.2. The van der Waals surface area contributed by atoms with E-state index >= 15 is 0 Å². The minimum absolute atomic E-state index is 0.0204. The Morgan fingerprint density at radius 2 is 2.07 bits per heavy atom. The van der Waals surface area contributed by atoms with Crippen molar-refractivity contribution in [2.45, 2.75) is 42.5 Å². The number of hydrogen-bond donors (Lipinski definition) is 0. The average molecular weight is 398 g/mol. The van der Waals surface area contributed by atoms with Crippen molar-refractivity contribution in [1.29, 1.82) is 0 Å². The van der Waals surface area contributed by atoms with Crippen LogP contribution in [0.25, 0.3) is 11.1 Å². The first-order valence-corrected chi connectivity index (χ1v) is 11.1. The first kappa shape index (κ1) is 17.7. The van der Waals surface area contributed by atoms with Gasteiger partial charge in [0.2, 0.25) is 0 Å². The predicted octanol–water partition coefficient (Wildman–Crippen LogP) is 3.48. The number of aromatic nitrogens is 2. The van der Waals surface area contributed by atoms with Crippen molar-refractivity contribution < 1.29 is 12.8 Å². The molecule has 2 aromatic heterocycles. The minimum atomic E-state index is -3.29. The molecule has 0 spiro atoms. The van der Waals surface area contributed by atoms with Crippen molar-refractivity contribution in [3.8, 4) is 11.1 Å². The van der Waals surface area contributed by atoms with Crippen LogP contribution in [0.2, 0.25) is 0 Å². The van der Waals surface area contributed by atoms with E-state index in [2.05, 4.69) is 30.0 Å². The van der Waals surface area contributed by atoms with E-state index in [1.807, 2.05) is 29.1 Å². The molecule has 2 aliphatic heterocycles. The van der Waals surface area contributed by atoms with E-state index in [0.29, 0.717) is 17.5 Å². The van der Waals surface area contributed by atoms with Gasteiger partial charge in [-0.25, -0.2) is 8.42 Å². The molecule has 0 aliphatic carbocycles. The molecular weight excluding hydrogens is 374 g/mol. The molecule has 1 aromatic carbocycles. The van der Waals surface area contributed by atoms with E-state index in [9.17, 15) is 8.42 Å². The molecular formula is C21H23N3O3S. The summed E-state index contributed by atoms with van der Waals surface area (Å²) in [6.07, 6.45) is 7.26. The maximum Gasteiger partial charge on any atom is 0.183 e. The lowest BCUT2D eigenvalue weighted by atomic mass is 9.95. The normalized spacial score (nSPS) is 23.2. The van der Waals surface area contributed by atoms with E-state index in [0.717, 1.165) is 35.3 Å². The molecule has 1 fully saturated rings. The zero-order chi connectivity index (χ0) is 19.5. The van der Waals surface area contributed by atoms with Gasteiger partial charge in [-0.2, -0.15) is 5.10 Å². The molecule has 28 heavy (non-hydrogen) atoms. The first-order valence-electron chi connectivity index (χ1n) is 9.59. The Balaban J connectivity index is 1.43. The van der Waals surface area contributed by atoms with Gasteiger partial charge in [-0.05, 0) is 43.2 Å². The number of nitrogens with zero attached hydrogens (tertiary/aromatic N) is 3. The fourth-order valence-corrected chi connectivity index (χ4v) is 6.66. The molecule has 6 nitrogen and oxygen atoms in total. The van der Waals surface area contributed by atoms with E-state index < -0.39 is 9.84 Å². The molecule has 2 aliphatic rings. The summed E-state index contributed by atoms with van der Waals surface area (Å²) in [5, 5.41) is 4.04. The fourth-order valence-electron chi connectivity index (χ4n) is 4.46. The third-order valence-corrected chi connectivity index (χ3v) is 8.16. The largest absolute Gasteiger partial charge is 0.472 e. The molecule has 1 saturated heterocycles. The molecule has 5 rings (SSSR count). The summed E-state index contributed by atoms with van der Waals surface area (Å²) in [4.78, 5) is 2.74. The van der Waals surface area contributed by atoms with Crippen molar-refractivity contribution in [2.24, 2.45) is 0 Å². The lowest BCUT2D eigenvalue weighted by Crippen LogP contribution is -2.25. The molecule has 0 saturated carbocycles. The van der Waals surface area contributed by atoms with E-state index in [1.165, 1.54) is 0 Å². The highest BCUT2D eigenvalue weighted by molar-refractivity contribution is 7.92. The second kappa shape index (κ2) is 6.32. The van der Waals surface area contributed by atoms with Crippen molar-refractivity contribution in [3.63, 3.8) is 0 Å². The number of benzene rings is 1. The molecule has 146 valence electrons. The second-order valence-electron chi connectivity index (χ2n) is 8.07. The van der Waals surface area contributed by atoms with Gasteiger partial charge in [0.05, 0.1) is 28.9 Å². The van der Waals surface area contributed by atoms with Crippen LogP contribution in [0.1, 0.15) is 36.9 Å². The van der Waals surface area contributed by atoms with Crippen molar-refractivity contribution in [3.05, 3.63) is 60.3 Å². The Morgan fingerprint density at radius 3 is 2.79 bits per heavy atom. The number of sulfone groups is 1. The number of rotatable bonds is 4. The van der Waals surface area contributed by atoms with Gasteiger partial charge in [-0.15, -0.1) is 0 Å². The molecule has 7 heteroatoms. The Morgan fingerprint density at radius 1 is 1.21 bits per heavy atom. The monoisotopic (exact) mass is 397 g/mol. The van der Waals surface area contributed by atoms with Crippen molar-refractivity contribution in [2.75, 3.05) is 13.1 Å². The number of hydrogen-bond acceptors (Lipinski definition) is 5. The topological polar surface area (TPSA) is 68.3 Å². The maximum absolute atomic E-state index is 13.1. The van der Waals surface area contributed by atoms with Crippen LogP contribution in [0.5, 0.6) is 0 Å². The van der Waals surface area contributed by atoms with Crippen LogP contribution < -0.4 is 0 Å². The van der Waals surface area contributed by atoms with Gasteiger partial charge in [0.15, 0.2) is 9.84 Å². The van der Waals surface area contributed by atoms with Crippen LogP contribution in [-0.4, -0.2) is 41.4 Å². The van der Waals surface area contributed by atoms with Crippen molar-refractivity contribution in [1.82, 2.24) is 14.7 Å². The summed E-state index contributed by atoms with van der Waals surface area (Å²) in [5.74, 6) is 0.0204.